The Morgan fingerprint density at radius 3 is 3.15 bits per heavy atom. The molecule has 72 valence electrons. The molecule has 1 aromatic rings. The van der Waals surface area contributed by atoms with Crippen LogP contribution in [0.5, 0.6) is 0 Å². The highest BCUT2D eigenvalue weighted by atomic mass is 16.3. The lowest BCUT2D eigenvalue weighted by Gasteiger charge is -2.17. The van der Waals surface area contributed by atoms with Crippen LogP contribution in [-0.2, 0) is 6.54 Å². The van der Waals surface area contributed by atoms with Crippen LogP contribution in [0.25, 0.3) is 0 Å². The van der Waals surface area contributed by atoms with Gasteiger partial charge in [0, 0.05) is 32.0 Å². The Morgan fingerprint density at radius 1 is 1.69 bits per heavy atom. The number of hydrogen-bond donors (Lipinski definition) is 1. The fourth-order valence-electron chi connectivity index (χ4n) is 1.75. The largest absolute Gasteiger partial charge is 0.391 e. The summed E-state index contributed by atoms with van der Waals surface area (Å²) in [4.78, 5) is 6.41. The zero-order chi connectivity index (χ0) is 9.26. The van der Waals surface area contributed by atoms with E-state index in [1.165, 1.54) is 0 Å². The molecule has 4 nitrogen and oxygen atoms in total. The summed E-state index contributed by atoms with van der Waals surface area (Å²) in [7, 11) is 0. The van der Waals surface area contributed by atoms with Crippen LogP contribution in [0.2, 0.25) is 0 Å². The monoisotopic (exact) mass is 181 g/mol. The molecule has 1 aliphatic rings. The van der Waals surface area contributed by atoms with Gasteiger partial charge in [0.2, 0.25) is 5.95 Å². The number of imidazole rings is 1. The van der Waals surface area contributed by atoms with Crippen molar-refractivity contribution in [3.8, 4) is 0 Å². The Morgan fingerprint density at radius 2 is 2.54 bits per heavy atom. The van der Waals surface area contributed by atoms with E-state index >= 15 is 0 Å². The summed E-state index contributed by atoms with van der Waals surface area (Å²) >= 11 is 0. The number of aliphatic hydroxyl groups is 1. The van der Waals surface area contributed by atoms with Gasteiger partial charge in [0.25, 0.3) is 0 Å². The molecule has 1 N–H and O–H groups in total. The minimum Gasteiger partial charge on any atom is -0.391 e. The van der Waals surface area contributed by atoms with Crippen LogP contribution < -0.4 is 4.90 Å². The first-order valence-corrected chi connectivity index (χ1v) is 4.75. The molecule has 13 heavy (non-hydrogen) atoms. The van der Waals surface area contributed by atoms with E-state index in [1.807, 2.05) is 12.4 Å². The third-order valence-corrected chi connectivity index (χ3v) is 2.48. The zero-order valence-electron chi connectivity index (χ0n) is 7.85. The lowest BCUT2D eigenvalue weighted by Crippen LogP contribution is -2.24. The molecule has 0 unspecified atom stereocenters. The van der Waals surface area contributed by atoms with Crippen LogP contribution in [0.4, 0.5) is 5.95 Å². The van der Waals surface area contributed by atoms with Crippen LogP contribution >= 0.6 is 0 Å². The number of aliphatic hydroxyl groups excluding tert-OH is 1. The maximum atomic E-state index is 9.38. The minimum absolute atomic E-state index is 0.179. The maximum Gasteiger partial charge on any atom is 0.205 e. The van der Waals surface area contributed by atoms with Gasteiger partial charge < -0.3 is 14.6 Å². The number of β-amino-alcohol motifs (C(OH)–C–C–N with tert-alkyl or cyclic N) is 1. The second-order valence-corrected chi connectivity index (χ2v) is 3.40. The zero-order valence-corrected chi connectivity index (χ0v) is 7.85. The highest BCUT2D eigenvalue weighted by Crippen LogP contribution is 2.17. The van der Waals surface area contributed by atoms with Gasteiger partial charge in [-0.1, -0.05) is 0 Å². The first kappa shape index (κ1) is 8.56. The average Bonchev–Trinajstić information content (AvgIpc) is 2.71. The Bertz CT molecular complexity index is 284. The van der Waals surface area contributed by atoms with Crippen molar-refractivity contribution in [1.82, 2.24) is 9.55 Å². The normalized spacial score (nSPS) is 22.6. The number of nitrogens with zero attached hydrogens (tertiary/aromatic N) is 3. The second-order valence-electron chi connectivity index (χ2n) is 3.40. The van der Waals surface area contributed by atoms with E-state index in [0.29, 0.717) is 0 Å². The third-order valence-electron chi connectivity index (χ3n) is 2.48. The van der Waals surface area contributed by atoms with E-state index in [9.17, 15) is 5.11 Å². The fraction of sp³-hybridized carbons (Fsp3) is 0.667. The van der Waals surface area contributed by atoms with E-state index in [1.54, 1.807) is 0 Å². The molecule has 1 saturated heterocycles. The Balaban J connectivity index is 2.16. The van der Waals surface area contributed by atoms with Crippen molar-refractivity contribution in [1.29, 1.82) is 0 Å². The van der Waals surface area contributed by atoms with Crippen LogP contribution in [0.1, 0.15) is 13.3 Å². The fourth-order valence-corrected chi connectivity index (χ4v) is 1.75. The molecule has 0 radical (unpaired) electrons. The molecule has 1 fully saturated rings. The molecule has 2 heterocycles. The summed E-state index contributed by atoms with van der Waals surface area (Å²) in [6, 6.07) is 0. The number of rotatable bonds is 2. The Labute approximate surface area is 77.8 Å². The molecular formula is C9H15N3O. The lowest BCUT2D eigenvalue weighted by molar-refractivity contribution is 0.198. The van der Waals surface area contributed by atoms with E-state index in [2.05, 4.69) is 21.4 Å². The first-order valence-electron chi connectivity index (χ1n) is 4.75. The predicted molar refractivity (Wildman–Crippen MR) is 50.7 cm³/mol. The molecule has 1 aromatic heterocycles. The van der Waals surface area contributed by atoms with Gasteiger partial charge in [-0.05, 0) is 13.3 Å². The highest BCUT2D eigenvalue weighted by molar-refractivity contribution is 5.33. The molecule has 0 bridgehead atoms. The van der Waals surface area contributed by atoms with E-state index < -0.39 is 0 Å². The van der Waals surface area contributed by atoms with Crippen molar-refractivity contribution in [2.24, 2.45) is 0 Å². The summed E-state index contributed by atoms with van der Waals surface area (Å²) in [5.74, 6) is 0.985. The van der Waals surface area contributed by atoms with Crippen molar-refractivity contribution in [2.45, 2.75) is 26.0 Å². The molecule has 0 aromatic carbocycles. The van der Waals surface area contributed by atoms with Crippen molar-refractivity contribution in [2.75, 3.05) is 18.0 Å². The van der Waals surface area contributed by atoms with Gasteiger partial charge >= 0.3 is 0 Å². The van der Waals surface area contributed by atoms with E-state index in [-0.39, 0.29) is 6.10 Å². The summed E-state index contributed by atoms with van der Waals surface area (Å²) in [6.07, 6.45) is 4.46. The molecule has 0 aliphatic carbocycles. The first-order chi connectivity index (χ1) is 6.31. The van der Waals surface area contributed by atoms with Crippen molar-refractivity contribution >= 4 is 5.95 Å². The molecule has 2 rings (SSSR count). The Kier molecular flexibility index (Phi) is 2.22. The van der Waals surface area contributed by atoms with E-state index in [4.69, 9.17) is 0 Å². The number of hydrogen-bond acceptors (Lipinski definition) is 3. The lowest BCUT2D eigenvalue weighted by atomic mass is 10.3. The smallest absolute Gasteiger partial charge is 0.205 e. The van der Waals surface area contributed by atoms with Gasteiger partial charge in [-0.25, -0.2) is 4.98 Å². The average molecular weight is 181 g/mol. The molecule has 0 saturated carbocycles. The Hall–Kier alpha value is -1.03. The molecule has 4 heteroatoms. The standard InChI is InChI=1S/C9H15N3O/c1-2-11-6-4-10-9(11)12-5-3-8(13)7-12/h4,6,8,13H,2-3,5,7H2,1H3/t8-/m0/s1. The van der Waals surface area contributed by atoms with Gasteiger partial charge in [0.15, 0.2) is 0 Å². The molecule has 1 aliphatic heterocycles. The van der Waals surface area contributed by atoms with Crippen LogP contribution in [-0.4, -0.2) is 33.9 Å². The van der Waals surface area contributed by atoms with Crippen LogP contribution in [0.3, 0.4) is 0 Å². The molecular weight excluding hydrogens is 166 g/mol. The van der Waals surface area contributed by atoms with Gasteiger partial charge in [0.05, 0.1) is 6.10 Å². The molecule has 0 amide bonds. The van der Waals surface area contributed by atoms with E-state index in [0.717, 1.165) is 32.0 Å². The minimum atomic E-state index is -0.179. The maximum absolute atomic E-state index is 9.38. The predicted octanol–water partition coefficient (Wildman–Crippen LogP) is 0.474. The second kappa shape index (κ2) is 3.38. The quantitative estimate of drug-likeness (QED) is 0.721. The molecule has 0 spiro atoms. The molecule has 1 atom stereocenters. The van der Waals surface area contributed by atoms with Gasteiger partial charge in [-0.2, -0.15) is 0 Å². The number of aryl methyl sites for hydroxylation is 1. The number of aromatic nitrogens is 2. The van der Waals surface area contributed by atoms with Crippen molar-refractivity contribution in [3.05, 3.63) is 12.4 Å². The van der Waals surface area contributed by atoms with Crippen LogP contribution in [0, 0.1) is 0 Å². The van der Waals surface area contributed by atoms with Crippen molar-refractivity contribution in [3.63, 3.8) is 0 Å². The van der Waals surface area contributed by atoms with Crippen LogP contribution in [0.15, 0.2) is 12.4 Å². The summed E-state index contributed by atoms with van der Waals surface area (Å²) in [5.41, 5.74) is 0. The SMILES string of the molecule is CCn1ccnc1N1CC[C@H](O)C1. The summed E-state index contributed by atoms with van der Waals surface area (Å²) < 4.78 is 2.10. The van der Waals surface area contributed by atoms with Gasteiger partial charge in [-0.15, -0.1) is 0 Å². The van der Waals surface area contributed by atoms with Gasteiger partial charge in [-0.3, -0.25) is 0 Å². The summed E-state index contributed by atoms with van der Waals surface area (Å²) in [6.45, 7) is 4.66. The third kappa shape index (κ3) is 1.54. The highest BCUT2D eigenvalue weighted by Gasteiger charge is 2.22. The van der Waals surface area contributed by atoms with Gasteiger partial charge in [0.1, 0.15) is 0 Å². The summed E-state index contributed by atoms with van der Waals surface area (Å²) in [5, 5.41) is 9.38. The topological polar surface area (TPSA) is 41.3 Å². The number of anilines is 1. The van der Waals surface area contributed by atoms with Crippen molar-refractivity contribution < 1.29 is 5.11 Å².